The highest BCUT2D eigenvalue weighted by Gasteiger charge is 2.23. The van der Waals surface area contributed by atoms with Gasteiger partial charge in [-0.3, -0.25) is 4.79 Å². The second-order valence-corrected chi connectivity index (χ2v) is 6.62. The van der Waals surface area contributed by atoms with Crippen molar-refractivity contribution in [1.29, 1.82) is 0 Å². The van der Waals surface area contributed by atoms with Gasteiger partial charge in [0.05, 0.1) is 18.6 Å². The van der Waals surface area contributed by atoms with E-state index < -0.39 is 0 Å². The van der Waals surface area contributed by atoms with Gasteiger partial charge in [0.25, 0.3) is 5.91 Å². The van der Waals surface area contributed by atoms with Crippen LogP contribution >= 0.6 is 0 Å². The largest absolute Gasteiger partial charge is 0.453 e. The van der Waals surface area contributed by atoms with E-state index in [9.17, 15) is 4.79 Å². The number of hydrogen-bond donors (Lipinski definition) is 1. The SMILES string of the molecule is COCc1ccc(C(=O)N(C)c2ccc3c(c2)N(Cc2cnc[nH]2)CC3)o1. The Kier molecular flexibility index (Phi) is 4.68. The number of hydrogen-bond acceptors (Lipinski definition) is 5. The fourth-order valence-electron chi connectivity index (χ4n) is 3.38. The standard InChI is InChI=1S/C20H22N4O3/c1-23(20(25)19-6-5-17(27-19)12-26-2)16-4-3-14-7-8-24(18(14)9-16)11-15-10-21-13-22-15/h3-6,9-10,13H,7-8,11-12H2,1-2H3,(H,21,22). The van der Waals surface area contributed by atoms with E-state index in [1.54, 1.807) is 37.5 Å². The maximum atomic E-state index is 12.8. The van der Waals surface area contributed by atoms with E-state index in [4.69, 9.17) is 9.15 Å². The van der Waals surface area contributed by atoms with Crippen molar-refractivity contribution in [2.45, 2.75) is 19.6 Å². The quantitative estimate of drug-likeness (QED) is 0.726. The van der Waals surface area contributed by atoms with Crippen LogP contribution in [0.1, 0.15) is 27.6 Å². The van der Waals surface area contributed by atoms with Gasteiger partial charge in [0.2, 0.25) is 0 Å². The van der Waals surface area contributed by atoms with Crippen molar-refractivity contribution < 1.29 is 13.9 Å². The Morgan fingerprint density at radius 1 is 1.37 bits per heavy atom. The van der Waals surface area contributed by atoms with Crippen LogP contribution in [0.15, 0.2) is 47.3 Å². The Hall–Kier alpha value is -3.06. The van der Waals surface area contributed by atoms with E-state index in [1.807, 2.05) is 12.3 Å². The number of methoxy groups -OCH3 is 1. The number of benzene rings is 1. The molecule has 7 nitrogen and oxygen atoms in total. The molecule has 1 aliphatic rings. The number of imidazole rings is 1. The van der Waals surface area contributed by atoms with E-state index >= 15 is 0 Å². The minimum absolute atomic E-state index is 0.185. The van der Waals surface area contributed by atoms with Crippen molar-refractivity contribution >= 4 is 17.3 Å². The number of nitrogens with zero attached hydrogens (tertiary/aromatic N) is 3. The summed E-state index contributed by atoms with van der Waals surface area (Å²) in [5.74, 6) is 0.753. The van der Waals surface area contributed by atoms with Crippen LogP contribution in [0.3, 0.4) is 0 Å². The molecular formula is C20H22N4O3. The van der Waals surface area contributed by atoms with E-state index in [0.29, 0.717) is 18.1 Å². The smallest absolute Gasteiger partial charge is 0.293 e. The first-order valence-corrected chi connectivity index (χ1v) is 8.86. The molecule has 1 N–H and O–H groups in total. The Balaban J connectivity index is 1.54. The number of carbonyl (C=O) groups is 1. The Morgan fingerprint density at radius 2 is 2.26 bits per heavy atom. The van der Waals surface area contributed by atoms with Crippen LogP contribution in [0.5, 0.6) is 0 Å². The summed E-state index contributed by atoms with van der Waals surface area (Å²) in [5.41, 5.74) is 4.35. The minimum atomic E-state index is -0.185. The summed E-state index contributed by atoms with van der Waals surface area (Å²) in [6, 6.07) is 9.59. The van der Waals surface area contributed by atoms with Gasteiger partial charge in [-0.15, -0.1) is 0 Å². The van der Waals surface area contributed by atoms with Gasteiger partial charge in [0.15, 0.2) is 5.76 Å². The molecule has 0 fully saturated rings. The second-order valence-electron chi connectivity index (χ2n) is 6.62. The molecule has 1 aliphatic heterocycles. The monoisotopic (exact) mass is 366 g/mol. The van der Waals surface area contributed by atoms with Gasteiger partial charge in [0, 0.05) is 38.3 Å². The number of nitrogens with one attached hydrogen (secondary N) is 1. The molecule has 0 aliphatic carbocycles. The predicted molar refractivity (Wildman–Crippen MR) is 102 cm³/mol. The van der Waals surface area contributed by atoms with Crippen molar-refractivity contribution in [3.63, 3.8) is 0 Å². The normalized spacial score (nSPS) is 13.0. The number of H-pyrrole nitrogens is 1. The summed E-state index contributed by atoms with van der Waals surface area (Å²) >= 11 is 0. The fourth-order valence-corrected chi connectivity index (χ4v) is 3.38. The molecule has 3 aromatic rings. The zero-order chi connectivity index (χ0) is 18.8. The maximum Gasteiger partial charge on any atom is 0.293 e. The summed E-state index contributed by atoms with van der Waals surface area (Å²) < 4.78 is 10.6. The van der Waals surface area contributed by atoms with Crippen LogP contribution in [0.2, 0.25) is 0 Å². The molecule has 0 saturated carbocycles. The molecule has 0 bridgehead atoms. The number of anilines is 2. The van der Waals surface area contributed by atoms with E-state index in [1.165, 1.54) is 5.56 Å². The lowest BCUT2D eigenvalue weighted by molar-refractivity contribution is 0.0957. The maximum absolute atomic E-state index is 12.8. The minimum Gasteiger partial charge on any atom is -0.453 e. The molecule has 0 unspecified atom stereocenters. The van der Waals surface area contributed by atoms with Crippen molar-refractivity contribution in [2.75, 3.05) is 30.5 Å². The lowest BCUT2D eigenvalue weighted by atomic mass is 10.1. The van der Waals surface area contributed by atoms with Gasteiger partial charge in [-0.25, -0.2) is 4.98 Å². The third kappa shape index (κ3) is 3.46. The van der Waals surface area contributed by atoms with Crippen LogP contribution in [-0.2, 0) is 24.3 Å². The molecule has 3 heterocycles. The lowest BCUT2D eigenvalue weighted by Crippen LogP contribution is -2.26. The Labute approximate surface area is 157 Å². The third-order valence-electron chi connectivity index (χ3n) is 4.83. The Morgan fingerprint density at radius 3 is 3.04 bits per heavy atom. The van der Waals surface area contributed by atoms with E-state index in [-0.39, 0.29) is 5.91 Å². The molecule has 7 heteroatoms. The number of aromatic amines is 1. The molecule has 1 aromatic carbocycles. The van der Waals surface area contributed by atoms with E-state index in [0.717, 1.165) is 36.6 Å². The number of ether oxygens (including phenoxy) is 1. The topological polar surface area (TPSA) is 74.6 Å². The molecular weight excluding hydrogens is 344 g/mol. The second kappa shape index (κ2) is 7.28. The molecule has 0 radical (unpaired) electrons. The number of carbonyl (C=O) groups excluding carboxylic acids is 1. The summed E-state index contributed by atoms with van der Waals surface area (Å²) in [5, 5.41) is 0. The molecule has 4 rings (SSSR count). The van der Waals surface area contributed by atoms with Crippen LogP contribution in [0.4, 0.5) is 11.4 Å². The first-order chi connectivity index (χ1) is 13.2. The highest BCUT2D eigenvalue weighted by atomic mass is 16.5. The van der Waals surface area contributed by atoms with Crippen molar-refractivity contribution in [3.05, 3.63) is 65.6 Å². The van der Waals surface area contributed by atoms with Crippen molar-refractivity contribution in [2.24, 2.45) is 0 Å². The summed E-state index contributed by atoms with van der Waals surface area (Å²) in [4.78, 5) is 23.9. The molecule has 2 aromatic heterocycles. The van der Waals surface area contributed by atoms with Gasteiger partial charge in [-0.1, -0.05) is 6.07 Å². The van der Waals surface area contributed by atoms with Gasteiger partial charge in [-0.2, -0.15) is 0 Å². The van der Waals surface area contributed by atoms with Crippen LogP contribution in [0, 0.1) is 0 Å². The van der Waals surface area contributed by atoms with E-state index in [2.05, 4.69) is 27.0 Å². The summed E-state index contributed by atoms with van der Waals surface area (Å²) in [6.45, 7) is 2.07. The first-order valence-electron chi connectivity index (χ1n) is 8.86. The number of rotatable bonds is 6. The molecule has 1 amide bonds. The van der Waals surface area contributed by atoms with Gasteiger partial charge in [-0.05, 0) is 36.2 Å². The van der Waals surface area contributed by atoms with Crippen LogP contribution in [0.25, 0.3) is 0 Å². The molecule has 140 valence electrons. The lowest BCUT2D eigenvalue weighted by Gasteiger charge is -2.21. The first kappa shape index (κ1) is 17.4. The third-order valence-corrected chi connectivity index (χ3v) is 4.83. The highest BCUT2D eigenvalue weighted by Crippen LogP contribution is 2.33. The Bertz CT molecular complexity index is 933. The van der Waals surface area contributed by atoms with Gasteiger partial charge in [0.1, 0.15) is 12.4 Å². The molecule has 0 spiro atoms. The number of aromatic nitrogens is 2. The average molecular weight is 366 g/mol. The number of furan rings is 1. The van der Waals surface area contributed by atoms with Gasteiger partial charge >= 0.3 is 0 Å². The zero-order valence-electron chi connectivity index (χ0n) is 15.4. The number of amides is 1. The van der Waals surface area contributed by atoms with Crippen molar-refractivity contribution in [1.82, 2.24) is 9.97 Å². The van der Waals surface area contributed by atoms with Crippen molar-refractivity contribution in [3.8, 4) is 0 Å². The predicted octanol–water partition coefficient (Wildman–Crippen LogP) is 2.99. The van der Waals surface area contributed by atoms with Gasteiger partial charge < -0.3 is 23.9 Å². The molecule has 27 heavy (non-hydrogen) atoms. The molecule has 0 atom stereocenters. The average Bonchev–Trinajstić information content (AvgIpc) is 3.43. The van der Waals surface area contributed by atoms with Crippen LogP contribution in [-0.4, -0.2) is 36.6 Å². The molecule has 0 saturated heterocycles. The highest BCUT2D eigenvalue weighted by molar-refractivity contribution is 6.04. The van der Waals surface area contributed by atoms with Crippen LogP contribution < -0.4 is 9.80 Å². The summed E-state index contributed by atoms with van der Waals surface area (Å²) in [7, 11) is 3.35. The number of fused-ring (bicyclic) bond motifs is 1. The fraction of sp³-hybridized carbons (Fsp3) is 0.300. The zero-order valence-corrected chi connectivity index (χ0v) is 15.4. The summed E-state index contributed by atoms with van der Waals surface area (Å²) in [6.07, 6.45) is 4.53.